The van der Waals surface area contributed by atoms with E-state index in [-0.39, 0.29) is 12.7 Å². The molecule has 2 atom stereocenters. The van der Waals surface area contributed by atoms with Crippen LogP contribution in [0.25, 0.3) is 0 Å². The molecule has 0 saturated carbocycles. The highest BCUT2D eigenvalue weighted by Crippen LogP contribution is 2.25. The first-order chi connectivity index (χ1) is 6.79. The molecule has 1 saturated heterocycles. The summed E-state index contributed by atoms with van der Waals surface area (Å²) in [5.74, 6) is 0. The van der Waals surface area contributed by atoms with E-state index in [0.29, 0.717) is 6.42 Å². The summed E-state index contributed by atoms with van der Waals surface area (Å²) in [7, 11) is 0. The summed E-state index contributed by atoms with van der Waals surface area (Å²) in [6, 6.07) is 7.34. The molecule has 2 rings (SSSR count). The molecule has 1 aromatic rings. The Kier molecular flexibility index (Phi) is 2.82. The van der Waals surface area contributed by atoms with Crippen molar-refractivity contribution in [3.05, 3.63) is 35.4 Å². The van der Waals surface area contributed by atoms with E-state index in [1.54, 1.807) is 0 Å². The summed E-state index contributed by atoms with van der Waals surface area (Å²) in [6.45, 7) is 0.813. The highest BCUT2D eigenvalue weighted by molar-refractivity contribution is 5.23. The first-order valence-electron chi connectivity index (χ1n) is 4.79. The standard InChI is InChI=1S/C11H14O3/c12-6-8-1-3-9(4-2-8)11(13)5-10-7-14-10/h1-4,10-13H,5-7H2/t10?,11-/m0/s1. The Morgan fingerprint density at radius 3 is 2.50 bits per heavy atom. The normalized spacial score (nSPS) is 22.0. The van der Waals surface area contributed by atoms with E-state index < -0.39 is 6.10 Å². The van der Waals surface area contributed by atoms with Crippen LogP contribution in [0.3, 0.4) is 0 Å². The summed E-state index contributed by atoms with van der Waals surface area (Å²) in [5, 5.41) is 18.6. The van der Waals surface area contributed by atoms with Gasteiger partial charge in [0.25, 0.3) is 0 Å². The predicted octanol–water partition coefficient (Wildman–Crippen LogP) is 1.00. The summed E-state index contributed by atoms with van der Waals surface area (Å²) >= 11 is 0. The molecule has 1 aliphatic rings. The van der Waals surface area contributed by atoms with Crippen LogP contribution in [-0.4, -0.2) is 22.9 Å². The van der Waals surface area contributed by atoms with Crippen molar-refractivity contribution < 1.29 is 14.9 Å². The lowest BCUT2D eigenvalue weighted by Crippen LogP contribution is -2.01. The minimum Gasteiger partial charge on any atom is -0.392 e. The number of rotatable bonds is 4. The zero-order chi connectivity index (χ0) is 9.97. The molecule has 2 N–H and O–H groups in total. The van der Waals surface area contributed by atoms with E-state index in [2.05, 4.69) is 0 Å². The van der Waals surface area contributed by atoms with Gasteiger partial charge in [0.15, 0.2) is 0 Å². The molecule has 1 unspecified atom stereocenters. The third kappa shape index (κ3) is 2.32. The molecule has 0 radical (unpaired) electrons. The van der Waals surface area contributed by atoms with Crippen molar-refractivity contribution in [1.82, 2.24) is 0 Å². The van der Waals surface area contributed by atoms with Crippen molar-refractivity contribution in [2.75, 3.05) is 6.61 Å². The van der Waals surface area contributed by atoms with Gasteiger partial charge in [-0.05, 0) is 11.1 Å². The van der Waals surface area contributed by atoms with Crippen LogP contribution in [0.2, 0.25) is 0 Å². The van der Waals surface area contributed by atoms with Crippen molar-refractivity contribution in [2.24, 2.45) is 0 Å². The number of ether oxygens (including phenoxy) is 1. The SMILES string of the molecule is OCc1ccc([C@@H](O)CC2CO2)cc1. The zero-order valence-corrected chi connectivity index (χ0v) is 7.89. The molecule has 3 nitrogen and oxygen atoms in total. The minimum absolute atomic E-state index is 0.0438. The third-order valence-electron chi connectivity index (χ3n) is 2.44. The second-order valence-corrected chi connectivity index (χ2v) is 3.61. The number of hydrogen-bond acceptors (Lipinski definition) is 3. The molecule has 0 spiro atoms. The fraction of sp³-hybridized carbons (Fsp3) is 0.455. The maximum absolute atomic E-state index is 9.75. The van der Waals surface area contributed by atoms with Crippen LogP contribution >= 0.6 is 0 Å². The zero-order valence-electron chi connectivity index (χ0n) is 7.89. The number of aliphatic hydroxyl groups excluding tert-OH is 2. The van der Waals surface area contributed by atoms with Gasteiger partial charge in [0.2, 0.25) is 0 Å². The van der Waals surface area contributed by atoms with Gasteiger partial charge in [0.05, 0.1) is 25.4 Å². The Balaban J connectivity index is 1.99. The van der Waals surface area contributed by atoms with Gasteiger partial charge < -0.3 is 14.9 Å². The van der Waals surface area contributed by atoms with Crippen molar-refractivity contribution in [3.8, 4) is 0 Å². The van der Waals surface area contributed by atoms with E-state index in [9.17, 15) is 5.11 Å². The Hall–Kier alpha value is -0.900. The molecule has 1 heterocycles. The maximum Gasteiger partial charge on any atom is 0.0837 e. The van der Waals surface area contributed by atoms with Crippen LogP contribution in [-0.2, 0) is 11.3 Å². The number of benzene rings is 1. The van der Waals surface area contributed by atoms with E-state index in [4.69, 9.17) is 9.84 Å². The van der Waals surface area contributed by atoms with Crippen molar-refractivity contribution in [3.63, 3.8) is 0 Å². The van der Waals surface area contributed by atoms with Crippen LogP contribution in [0.4, 0.5) is 0 Å². The summed E-state index contributed by atoms with van der Waals surface area (Å²) in [6.07, 6.45) is 0.455. The minimum atomic E-state index is -0.449. The largest absolute Gasteiger partial charge is 0.392 e. The van der Waals surface area contributed by atoms with Gasteiger partial charge in [-0.15, -0.1) is 0 Å². The highest BCUT2D eigenvalue weighted by Gasteiger charge is 2.26. The first-order valence-corrected chi connectivity index (χ1v) is 4.79. The average molecular weight is 194 g/mol. The Bertz CT molecular complexity index is 290. The van der Waals surface area contributed by atoms with Gasteiger partial charge in [-0.3, -0.25) is 0 Å². The lowest BCUT2D eigenvalue weighted by molar-refractivity contribution is 0.154. The van der Waals surface area contributed by atoms with Crippen LogP contribution in [0, 0.1) is 0 Å². The Labute approximate surface area is 83.0 Å². The van der Waals surface area contributed by atoms with Crippen molar-refractivity contribution in [1.29, 1.82) is 0 Å². The van der Waals surface area contributed by atoms with Crippen LogP contribution in [0.15, 0.2) is 24.3 Å². The fourth-order valence-corrected chi connectivity index (χ4v) is 1.43. The molecular formula is C11H14O3. The molecule has 14 heavy (non-hydrogen) atoms. The average Bonchev–Trinajstić information content (AvgIpc) is 3.02. The monoisotopic (exact) mass is 194 g/mol. The van der Waals surface area contributed by atoms with Gasteiger partial charge in [-0.2, -0.15) is 0 Å². The second-order valence-electron chi connectivity index (χ2n) is 3.61. The maximum atomic E-state index is 9.75. The Morgan fingerprint density at radius 1 is 1.36 bits per heavy atom. The molecule has 76 valence electrons. The molecule has 0 bridgehead atoms. The molecule has 1 fully saturated rings. The number of aliphatic hydroxyl groups is 2. The summed E-state index contributed by atoms with van der Waals surface area (Å²) in [5.41, 5.74) is 1.75. The highest BCUT2D eigenvalue weighted by atomic mass is 16.6. The van der Waals surface area contributed by atoms with Crippen molar-refractivity contribution >= 4 is 0 Å². The second kappa shape index (κ2) is 4.09. The van der Waals surface area contributed by atoms with Gasteiger partial charge in [-0.25, -0.2) is 0 Å². The van der Waals surface area contributed by atoms with Crippen LogP contribution in [0.1, 0.15) is 23.7 Å². The topological polar surface area (TPSA) is 53.0 Å². The van der Waals surface area contributed by atoms with Crippen LogP contribution in [0.5, 0.6) is 0 Å². The predicted molar refractivity (Wildman–Crippen MR) is 51.7 cm³/mol. The van der Waals surface area contributed by atoms with Crippen LogP contribution < -0.4 is 0 Å². The molecule has 0 amide bonds. The lowest BCUT2D eigenvalue weighted by Gasteiger charge is -2.09. The van der Waals surface area contributed by atoms with Gasteiger partial charge in [-0.1, -0.05) is 24.3 Å². The van der Waals surface area contributed by atoms with Crippen molar-refractivity contribution in [2.45, 2.75) is 25.2 Å². The van der Waals surface area contributed by atoms with E-state index >= 15 is 0 Å². The lowest BCUT2D eigenvalue weighted by atomic mass is 10.0. The Morgan fingerprint density at radius 2 is 2.00 bits per heavy atom. The van der Waals surface area contributed by atoms with Gasteiger partial charge in [0, 0.05) is 6.42 Å². The molecule has 0 aromatic heterocycles. The molecular weight excluding hydrogens is 180 g/mol. The summed E-state index contributed by atoms with van der Waals surface area (Å²) < 4.78 is 5.05. The van der Waals surface area contributed by atoms with E-state index in [1.165, 1.54) is 0 Å². The fourth-order valence-electron chi connectivity index (χ4n) is 1.43. The molecule has 3 heteroatoms. The summed E-state index contributed by atoms with van der Waals surface area (Å²) in [4.78, 5) is 0. The third-order valence-corrected chi connectivity index (χ3v) is 2.44. The van der Waals surface area contributed by atoms with Gasteiger partial charge >= 0.3 is 0 Å². The van der Waals surface area contributed by atoms with E-state index in [0.717, 1.165) is 17.7 Å². The number of epoxide rings is 1. The molecule has 0 aliphatic carbocycles. The number of hydrogen-bond donors (Lipinski definition) is 2. The quantitative estimate of drug-likeness (QED) is 0.703. The first kappa shape index (κ1) is 9.65. The smallest absolute Gasteiger partial charge is 0.0837 e. The van der Waals surface area contributed by atoms with E-state index in [1.807, 2.05) is 24.3 Å². The van der Waals surface area contributed by atoms with Gasteiger partial charge in [0.1, 0.15) is 0 Å². The molecule has 1 aromatic carbocycles. The molecule has 1 aliphatic heterocycles.